The number of rotatable bonds is 9. The molecule has 0 unspecified atom stereocenters. The third-order valence-corrected chi connectivity index (χ3v) is 10.2. The average Bonchev–Trinajstić information content (AvgIpc) is 3.98. The Hall–Kier alpha value is -5.73. The number of amides is 4. The van der Waals surface area contributed by atoms with Crippen molar-refractivity contribution in [2.75, 3.05) is 14.2 Å². The first kappa shape index (κ1) is 37.0. The van der Waals surface area contributed by atoms with Crippen LogP contribution in [0.4, 0.5) is 14.0 Å². The number of aromatic amines is 2. The van der Waals surface area contributed by atoms with E-state index in [0.717, 1.165) is 36.1 Å². The molecule has 14 nitrogen and oxygen atoms in total. The van der Waals surface area contributed by atoms with E-state index in [1.165, 1.54) is 20.3 Å². The molecule has 4 aromatic rings. The van der Waals surface area contributed by atoms with E-state index in [1.54, 1.807) is 42.1 Å². The van der Waals surface area contributed by atoms with Crippen LogP contribution >= 0.6 is 0 Å². The van der Waals surface area contributed by atoms with Crippen LogP contribution in [0.15, 0.2) is 54.9 Å². The number of aromatic nitrogens is 4. The van der Waals surface area contributed by atoms with Crippen molar-refractivity contribution in [3.63, 3.8) is 0 Å². The van der Waals surface area contributed by atoms with Crippen LogP contribution in [0.5, 0.6) is 0 Å². The maximum Gasteiger partial charge on any atom is 0.407 e. The number of carbonyl (C=O) groups is 4. The summed E-state index contributed by atoms with van der Waals surface area (Å²) in [6.07, 6.45) is 4.94. The zero-order chi connectivity index (χ0) is 38.0. The van der Waals surface area contributed by atoms with Crippen molar-refractivity contribution in [3.8, 4) is 33.6 Å². The van der Waals surface area contributed by atoms with Crippen molar-refractivity contribution < 1.29 is 33.0 Å². The highest BCUT2D eigenvalue weighted by molar-refractivity contribution is 5.87. The minimum atomic E-state index is -0.784. The van der Waals surface area contributed by atoms with Crippen LogP contribution in [0.3, 0.4) is 0 Å². The number of carbonyl (C=O) groups excluding carboxylic acids is 4. The summed E-state index contributed by atoms with van der Waals surface area (Å²) in [5, 5.41) is 5.09. The molecule has 6 rings (SSSR count). The van der Waals surface area contributed by atoms with Crippen LogP contribution in [0.2, 0.25) is 0 Å². The van der Waals surface area contributed by atoms with E-state index in [2.05, 4.69) is 40.0 Å². The van der Waals surface area contributed by atoms with Gasteiger partial charge in [0.25, 0.3) is 0 Å². The van der Waals surface area contributed by atoms with Crippen molar-refractivity contribution >= 4 is 24.0 Å². The topological polar surface area (TPSA) is 175 Å². The molecule has 2 aliphatic heterocycles. The molecule has 4 amide bonds. The van der Waals surface area contributed by atoms with Gasteiger partial charge >= 0.3 is 12.2 Å². The fourth-order valence-electron chi connectivity index (χ4n) is 7.34. The molecule has 2 aromatic carbocycles. The minimum absolute atomic E-state index is 0.0198. The second-order valence-corrected chi connectivity index (χ2v) is 13.7. The number of halogens is 1. The second-order valence-electron chi connectivity index (χ2n) is 13.7. The van der Waals surface area contributed by atoms with Crippen LogP contribution in [0.25, 0.3) is 33.6 Å². The summed E-state index contributed by atoms with van der Waals surface area (Å²) in [5.41, 5.74) is 4.02. The van der Waals surface area contributed by atoms with E-state index in [1.807, 2.05) is 44.2 Å². The Bertz CT molecular complexity index is 1980. The fourth-order valence-corrected chi connectivity index (χ4v) is 7.34. The van der Waals surface area contributed by atoms with Crippen molar-refractivity contribution in [1.82, 2.24) is 40.4 Å². The largest absolute Gasteiger partial charge is 0.453 e. The van der Waals surface area contributed by atoms with Gasteiger partial charge in [-0.1, -0.05) is 30.3 Å². The Kier molecular flexibility index (Phi) is 10.8. The molecule has 0 aliphatic carbocycles. The first-order valence-electron chi connectivity index (χ1n) is 17.7. The molecule has 15 heteroatoms. The van der Waals surface area contributed by atoms with Crippen LogP contribution in [0, 0.1) is 5.82 Å². The summed E-state index contributed by atoms with van der Waals surface area (Å²) in [6.45, 7) is 7.18. The Labute approximate surface area is 306 Å². The van der Waals surface area contributed by atoms with Gasteiger partial charge in [-0.3, -0.25) is 9.59 Å². The first-order valence-corrected chi connectivity index (χ1v) is 17.7. The highest BCUT2D eigenvalue weighted by atomic mass is 19.1. The van der Waals surface area contributed by atoms with Crippen molar-refractivity contribution in [3.05, 3.63) is 72.3 Å². The number of imidazole rings is 2. The van der Waals surface area contributed by atoms with Crippen LogP contribution < -0.4 is 10.6 Å². The number of hydrogen-bond acceptors (Lipinski definition) is 8. The molecule has 4 N–H and O–H groups in total. The molecule has 4 heterocycles. The fraction of sp³-hybridized carbons (Fsp3) is 0.421. The molecule has 2 aromatic heterocycles. The number of ether oxygens (including phenoxy) is 2. The summed E-state index contributed by atoms with van der Waals surface area (Å²) in [4.78, 5) is 69.2. The highest BCUT2D eigenvalue weighted by Crippen LogP contribution is 2.38. The van der Waals surface area contributed by atoms with E-state index in [0.29, 0.717) is 34.9 Å². The van der Waals surface area contributed by atoms with Gasteiger partial charge in [0.05, 0.1) is 50.1 Å². The third-order valence-electron chi connectivity index (χ3n) is 10.2. The van der Waals surface area contributed by atoms with Gasteiger partial charge in [0.1, 0.15) is 29.5 Å². The minimum Gasteiger partial charge on any atom is -0.453 e. The molecule has 0 spiro atoms. The van der Waals surface area contributed by atoms with Gasteiger partial charge in [-0.2, -0.15) is 0 Å². The first-order chi connectivity index (χ1) is 25.4. The van der Waals surface area contributed by atoms with Gasteiger partial charge in [-0.25, -0.2) is 23.9 Å². The maximum atomic E-state index is 15.6. The second kappa shape index (κ2) is 15.5. The molecule has 0 saturated carbocycles. The van der Waals surface area contributed by atoms with Gasteiger partial charge in [-0.15, -0.1) is 0 Å². The molecular weight excluding hydrogens is 683 g/mol. The molecule has 2 saturated heterocycles. The highest BCUT2D eigenvalue weighted by Gasteiger charge is 2.40. The van der Waals surface area contributed by atoms with E-state index in [-0.39, 0.29) is 36.0 Å². The molecule has 2 aliphatic rings. The summed E-state index contributed by atoms with van der Waals surface area (Å²) in [5.74, 6) is 0.335. The summed E-state index contributed by atoms with van der Waals surface area (Å²) >= 11 is 0. The monoisotopic (exact) mass is 728 g/mol. The lowest BCUT2D eigenvalue weighted by Crippen LogP contribution is -2.48. The quantitative estimate of drug-likeness (QED) is 0.166. The molecule has 0 radical (unpaired) electrons. The summed E-state index contributed by atoms with van der Waals surface area (Å²) < 4.78 is 24.9. The number of alkyl carbamates (subject to hydrolysis) is 2. The molecule has 53 heavy (non-hydrogen) atoms. The van der Waals surface area contributed by atoms with Crippen LogP contribution in [-0.2, 0) is 19.1 Å². The smallest absolute Gasteiger partial charge is 0.407 e. The van der Waals surface area contributed by atoms with E-state index in [4.69, 9.17) is 0 Å². The van der Waals surface area contributed by atoms with E-state index in [9.17, 15) is 19.2 Å². The number of nitrogens with zero attached hydrogens (tertiary/aromatic N) is 4. The lowest BCUT2D eigenvalue weighted by Gasteiger charge is -2.30. The number of methoxy groups -OCH3 is 2. The molecule has 0 bridgehead atoms. The Balaban J connectivity index is 1.14. The lowest BCUT2D eigenvalue weighted by molar-refractivity contribution is -0.136. The van der Waals surface area contributed by atoms with Gasteiger partial charge in [0.15, 0.2) is 0 Å². The van der Waals surface area contributed by atoms with Gasteiger partial charge in [0.2, 0.25) is 11.8 Å². The number of benzene rings is 2. The molecule has 280 valence electrons. The van der Waals surface area contributed by atoms with Crippen molar-refractivity contribution in [2.24, 2.45) is 0 Å². The zero-order valence-corrected chi connectivity index (χ0v) is 30.6. The predicted octanol–water partition coefficient (Wildman–Crippen LogP) is 5.87. The normalized spacial score (nSPS) is 20.9. The molecular formula is C38H45FN8O6. The Morgan fingerprint density at radius 1 is 0.717 bits per heavy atom. The van der Waals surface area contributed by atoms with Gasteiger partial charge in [0, 0.05) is 17.6 Å². The third kappa shape index (κ3) is 7.59. The van der Waals surface area contributed by atoms with Crippen molar-refractivity contribution in [1.29, 1.82) is 0 Å². The Morgan fingerprint density at radius 2 is 1.17 bits per heavy atom. The lowest BCUT2D eigenvalue weighted by atomic mass is 10.0. The van der Waals surface area contributed by atoms with E-state index < -0.39 is 30.1 Å². The van der Waals surface area contributed by atoms with Crippen LogP contribution in [0.1, 0.15) is 77.1 Å². The summed E-state index contributed by atoms with van der Waals surface area (Å²) in [7, 11) is 2.50. The number of H-pyrrole nitrogens is 2. The SMILES string of the molecule is COC(=O)N[C@@H](C)C(=O)N1[C@H](C)CC[C@@H]1c1ncc(-c2ccc(-c3ccc(-c4cnc([C@H]5CC[C@@H](C)N5C(=O)[C@H](C)NC(=O)OC)[nH]4)c(F)c3)cc2)[nH]1. The standard InChI is InChI=1S/C38H45FN8O6/c1-20-7-15-31(46(20)35(48)22(3)42-37(50)52-5)33-40-18-29(44-33)25-11-9-24(10-12-25)26-13-14-27(28(39)17-26)30-19-41-34(45-30)32-16-8-21(2)47(32)36(49)23(4)43-38(51)53-6/h9-14,17-23,31-32H,7-8,15-16H2,1-6H3,(H,40,44)(H,41,45)(H,42,50)(H,43,51)/t20-,21-,22+,23+,31-,32-/m1/s1. The molecule has 2 fully saturated rings. The Morgan fingerprint density at radius 3 is 1.66 bits per heavy atom. The van der Waals surface area contributed by atoms with Crippen molar-refractivity contribution in [2.45, 2.75) is 89.6 Å². The summed E-state index contributed by atoms with van der Waals surface area (Å²) in [6, 6.07) is 10.5. The molecule has 6 atom stereocenters. The maximum absolute atomic E-state index is 15.6. The number of nitrogens with one attached hydrogen (secondary N) is 4. The average molecular weight is 729 g/mol. The number of hydrogen-bond donors (Lipinski definition) is 4. The van der Waals surface area contributed by atoms with E-state index >= 15 is 4.39 Å². The zero-order valence-electron chi connectivity index (χ0n) is 30.6. The number of likely N-dealkylation sites (tertiary alicyclic amines) is 2. The van der Waals surface area contributed by atoms with Gasteiger partial charge in [-0.05, 0) is 82.2 Å². The predicted molar refractivity (Wildman–Crippen MR) is 194 cm³/mol. The van der Waals surface area contributed by atoms with Crippen LogP contribution in [-0.4, -0.2) is 92.1 Å². The van der Waals surface area contributed by atoms with Gasteiger partial charge < -0.3 is 39.9 Å².